The van der Waals surface area contributed by atoms with Crippen LogP contribution in [0.1, 0.15) is 5.56 Å². The van der Waals surface area contributed by atoms with E-state index in [9.17, 15) is 18.9 Å². The number of nitrogens with zero attached hydrogens (tertiary/aromatic N) is 1. The van der Waals surface area contributed by atoms with E-state index < -0.39 is 16.6 Å². The molecule has 0 saturated heterocycles. The van der Waals surface area contributed by atoms with Crippen molar-refractivity contribution in [2.24, 2.45) is 5.84 Å². The zero-order valence-corrected chi connectivity index (χ0v) is 11.5. The molecule has 0 bridgehead atoms. The maximum absolute atomic E-state index is 13.5. The average Bonchev–Trinajstić information content (AvgIpc) is 2.45. The molecule has 2 aromatic rings. The number of nitro groups is 1. The van der Waals surface area contributed by atoms with Crippen LogP contribution in [0.25, 0.3) is 0 Å². The second kappa shape index (κ2) is 6.51. The lowest BCUT2D eigenvalue weighted by molar-refractivity contribution is -0.384. The maximum atomic E-state index is 13.5. The Balaban J connectivity index is 2.24. The molecule has 0 amide bonds. The largest absolute Gasteiger partial charge is 0.318 e. The summed E-state index contributed by atoms with van der Waals surface area (Å²) in [6, 6.07) is 7.76. The summed E-state index contributed by atoms with van der Waals surface area (Å²) in [7, 11) is 0. The number of rotatable bonds is 5. The van der Waals surface area contributed by atoms with E-state index in [2.05, 4.69) is 5.43 Å². The van der Waals surface area contributed by atoms with E-state index in [0.29, 0.717) is 5.56 Å². The first kappa shape index (κ1) is 15.2. The van der Waals surface area contributed by atoms with Crippen molar-refractivity contribution >= 4 is 23.1 Å². The smallest absolute Gasteiger partial charge is 0.293 e. The third-order valence-corrected chi connectivity index (χ3v) is 3.84. The highest BCUT2D eigenvalue weighted by molar-refractivity contribution is 7.98. The van der Waals surface area contributed by atoms with Crippen molar-refractivity contribution in [2.75, 3.05) is 5.43 Å². The Kier molecular flexibility index (Phi) is 4.71. The molecule has 0 spiro atoms. The number of thioether (sulfide) groups is 1. The Labute approximate surface area is 123 Å². The Hall–Kier alpha value is -2.19. The molecule has 2 rings (SSSR count). The third kappa shape index (κ3) is 3.47. The summed E-state index contributed by atoms with van der Waals surface area (Å²) < 4.78 is 26.4. The number of halogens is 2. The van der Waals surface area contributed by atoms with Gasteiger partial charge in [0.1, 0.15) is 17.3 Å². The Morgan fingerprint density at radius 2 is 2.05 bits per heavy atom. The van der Waals surface area contributed by atoms with Crippen molar-refractivity contribution in [1.82, 2.24) is 0 Å². The van der Waals surface area contributed by atoms with Gasteiger partial charge in [-0.2, -0.15) is 0 Å². The van der Waals surface area contributed by atoms with Gasteiger partial charge in [-0.25, -0.2) is 8.78 Å². The topological polar surface area (TPSA) is 81.2 Å². The molecule has 0 radical (unpaired) electrons. The van der Waals surface area contributed by atoms with E-state index in [-0.39, 0.29) is 22.0 Å². The zero-order chi connectivity index (χ0) is 15.4. The molecular formula is C13H11F2N3O2S. The molecule has 0 atom stereocenters. The van der Waals surface area contributed by atoms with Gasteiger partial charge in [-0.1, -0.05) is 12.1 Å². The van der Waals surface area contributed by atoms with Crippen LogP contribution < -0.4 is 11.3 Å². The first-order chi connectivity index (χ1) is 10.0. The van der Waals surface area contributed by atoms with Crippen molar-refractivity contribution in [3.05, 3.63) is 63.7 Å². The highest BCUT2D eigenvalue weighted by Gasteiger charge is 2.17. The minimum atomic E-state index is -0.673. The number of hydrogen-bond donors (Lipinski definition) is 2. The van der Waals surface area contributed by atoms with E-state index in [0.717, 1.165) is 23.9 Å². The number of hydrazine groups is 1. The number of nitrogen functional groups attached to an aromatic ring is 1. The number of nitro benzene ring substituents is 1. The third-order valence-electron chi connectivity index (χ3n) is 2.75. The fourth-order valence-electron chi connectivity index (χ4n) is 1.77. The van der Waals surface area contributed by atoms with Gasteiger partial charge in [0.2, 0.25) is 0 Å². The van der Waals surface area contributed by atoms with E-state index in [1.165, 1.54) is 18.2 Å². The minimum absolute atomic E-state index is 0.157. The Morgan fingerprint density at radius 1 is 1.29 bits per heavy atom. The summed E-state index contributed by atoms with van der Waals surface area (Å²) >= 11 is 1.10. The molecular weight excluding hydrogens is 300 g/mol. The summed E-state index contributed by atoms with van der Waals surface area (Å²) in [5.41, 5.74) is 2.87. The number of nitrogens with one attached hydrogen (secondary N) is 1. The molecule has 0 aliphatic carbocycles. The molecule has 0 heterocycles. The predicted molar refractivity (Wildman–Crippen MR) is 76.8 cm³/mol. The molecule has 0 aliphatic heterocycles. The molecule has 0 saturated carbocycles. The van der Waals surface area contributed by atoms with E-state index >= 15 is 0 Å². The molecule has 110 valence electrons. The maximum Gasteiger partial charge on any atom is 0.293 e. The van der Waals surface area contributed by atoms with Gasteiger partial charge < -0.3 is 5.43 Å². The predicted octanol–water partition coefficient (Wildman–Crippen LogP) is 3.45. The molecule has 3 N–H and O–H groups in total. The van der Waals surface area contributed by atoms with Gasteiger partial charge in [0, 0.05) is 22.8 Å². The molecule has 21 heavy (non-hydrogen) atoms. The van der Waals surface area contributed by atoms with Crippen molar-refractivity contribution in [2.45, 2.75) is 10.6 Å². The van der Waals surface area contributed by atoms with Crippen LogP contribution in [-0.2, 0) is 5.75 Å². The van der Waals surface area contributed by atoms with Gasteiger partial charge in [-0.05, 0) is 17.7 Å². The van der Waals surface area contributed by atoms with E-state index in [4.69, 9.17) is 5.84 Å². The summed E-state index contributed by atoms with van der Waals surface area (Å²) in [5, 5.41) is 10.9. The number of hydrogen-bond acceptors (Lipinski definition) is 5. The van der Waals surface area contributed by atoms with Crippen molar-refractivity contribution in [1.29, 1.82) is 0 Å². The number of benzene rings is 2. The quantitative estimate of drug-likeness (QED) is 0.382. The van der Waals surface area contributed by atoms with Crippen LogP contribution in [0.15, 0.2) is 41.3 Å². The summed E-state index contributed by atoms with van der Waals surface area (Å²) in [6.07, 6.45) is 0. The first-order valence-corrected chi connectivity index (χ1v) is 6.82. The van der Waals surface area contributed by atoms with E-state index in [1.807, 2.05) is 0 Å². The fourth-order valence-corrected chi connectivity index (χ4v) is 2.69. The Bertz CT molecular complexity index is 682. The van der Waals surface area contributed by atoms with Crippen LogP contribution in [0.4, 0.5) is 20.2 Å². The fraction of sp³-hybridized carbons (Fsp3) is 0.0769. The van der Waals surface area contributed by atoms with Crippen LogP contribution in [0.5, 0.6) is 0 Å². The average molecular weight is 311 g/mol. The van der Waals surface area contributed by atoms with Crippen molar-refractivity contribution < 1.29 is 13.7 Å². The standard InChI is InChI=1S/C13H11F2N3O2S/c14-9-4-5-12(10(15)6-9)21-7-8-2-1-3-11(18(19)20)13(8)17-16/h1-6,17H,7,16H2. The SMILES string of the molecule is NNc1c(CSc2ccc(F)cc2F)cccc1[N+](=O)[O-]. The van der Waals surface area contributed by atoms with Crippen LogP contribution in [0, 0.1) is 21.7 Å². The summed E-state index contributed by atoms with van der Waals surface area (Å²) in [4.78, 5) is 10.6. The van der Waals surface area contributed by atoms with Crippen molar-refractivity contribution in [3.8, 4) is 0 Å². The number of nitrogens with two attached hydrogens (primary N) is 1. The second-order valence-electron chi connectivity index (χ2n) is 4.08. The lowest BCUT2D eigenvalue weighted by atomic mass is 10.2. The van der Waals surface area contributed by atoms with Crippen LogP contribution in [0.3, 0.4) is 0 Å². The number of para-hydroxylation sites is 1. The molecule has 0 aliphatic rings. The second-order valence-corrected chi connectivity index (χ2v) is 5.09. The lowest BCUT2D eigenvalue weighted by Gasteiger charge is -2.09. The molecule has 0 unspecified atom stereocenters. The van der Waals surface area contributed by atoms with Gasteiger partial charge in [0.05, 0.1) is 4.92 Å². The van der Waals surface area contributed by atoms with E-state index in [1.54, 1.807) is 6.07 Å². The number of anilines is 1. The zero-order valence-electron chi connectivity index (χ0n) is 10.7. The van der Waals surface area contributed by atoms with Gasteiger partial charge in [-0.3, -0.25) is 16.0 Å². The molecule has 0 fully saturated rings. The monoisotopic (exact) mass is 311 g/mol. The molecule has 8 heteroatoms. The molecule has 0 aromatic heterocycles. The first-order valence-electron chi connectivity index (χ1n) is 5.83. The molecule has 5 nitrogen and oxygen atoms in total. The van der Waals surface area contributed by atoms with Crippen LogP contribution in [0.2, 0.25) is 0 Å². The van der Waals surface area contributed by atoms with Crippen LogP contribution in [-0.4, -0.2) is 4.92 Å². The minimum Gasteiger partial charge on any atom is -0.318 e. The van der Waals surface area contributed by atoms with Crippen molar-refractivity contribution in [3.63, 3.8) is 0 Å². The van der Waals surface area contributed by atoms with Gasteiger partial charge in [0.15, 0.2) is 0 Å². The summed E-state index contributed by atoms with van der Waals surface area (Å²) in [5.74, 6) is 4.24. The lowest BCUT2D eigenvalue weighted by Crippen LogP contribution is -2.11. The van der Waals surface area contributed by atoms with Gasteiger partial charge in [-0.15, -0.1) is 11.8 Å². The highest BCUT2D eigenvalue weighted by atomic mass is 32.2. The normalized spacial score (nSPS) is 10.4. The van der Waals surface area contributed by atoms with Gasteiger partial charge >= 0.3 is 0 Å². The van der Waals surface area contributed by atoms with Gasteiger partial charge in [0.25, 0.3) is 5.69 Å². The highest BCUT2D eigenvalue weighted by Crippen LogP contribution is 2.33. The van der Waals surface area contributed by atoms with Crippen LogP contribution >= 0.6 is 11.8 Å². The Morgan fingerprint density at radius 3 is 2.67 bits per heavy atom. The molecule has 2 aromatic carbocycles. The summed E-state index contributed by atoms with van der Waals surface area (Å²) in [6.45, 7) is 0.